The molecule has 0 aliphatic heterocycles. The van der Waals surface area contributed by atoms with Gasteiger partial charge in [0.2, 0.25) is 0 Å². The number of aliphatic hydroxyl groups excluding tert-OH is 1. The summed E-state index contributed by atoms with van der Waals surface area (Å²) in [6.07, 6.45) is 8.20. The molecule has 0 aromatic carbocycles. The zero-order valence-corrected chi connectivity index (χ0v) is 19.5. The minimum absolute atomic E-state index is 0.250. The molecule has 0 aliphatic carbocycles. The van der Waals surface area contributed by atoms with E-state index in [0.717, 1.165) is 0 Å². The van der Waals surface area contributed by atoms with Crippen molar-refractivity contribution in [3.05, 3.63) is 0 Å². The second-order valence-corrected chi connectivity index (χ2v) is 7.74. The highest BCUT2D eigenvalue weighted by Crippen LogP contribution is 2.10. The van der Waals surface area contributed by atoms with Gasteiger partial charge in [0.25, 0.3) is 0 Å². The predicted molar refractivity (Wildman–Crippen MR) is 116 cm³/mol. The molecule has 0 aromatic rings. The van der Waals surface area contributed by atoms with Gasteiger partial charge in [-0.05, 0) is 47.0 Å². The van der Waals surface area contributed by atoms with Crippen molar-refractivity contribution >= 4 is 0 Å². The number of nitrogens with zero attached hydrogens (tertiary/aromatic N) is 2. The van der Waals surface area contributed by atoms with Crippen LogP contribution in [0.3, 0.4) is 0 Å². The smallest absolute Gasteiger partial charge is 0.0784 e. The van der Waals surface area contributed by atoms with Gasteiger partial charge >= 0.3 is 0 Å². The van der Waals surface area contributed by atoms with Gasteiger partial charge in [-0.1, -0.05) is 40.0 Å². The molecule has 3 nitrogen and oxygen atoms in total. The molecule has 0 rings (SSSR count). The van der Waals surface area contributed by atoms with E-state index in [9.17, 15) is 0 Å². The van der Waals surface area contributed by atoms with Crippen molar-refractivity contribution in [2.45, 2.75) is 87.0 Å². The fourth-order valence-electron chi connectivity index (χ4n) is 2.63. The number of unbranched alkanes of at least 4 members (excludes halogenated alkanes) is 3. The first kappa shape index (κ1) is 29.6. The second kappa shape index (κ2) is 20.2. The molecule has 0 saturated carbocycles. The molecule has 0 heterocycles. The fraction of sp³-hybridized carbons (Fsp3) is 1.00. The number of hydrogen-bond donors (Lipinski definition) is 1. The first-order chi connectivity index (χ1) is 11.8. The van der Waals surface area contributed by atoms with E-state index in [0.29, 0.717) is 0 Å². The summed E-state index contributed by atoms with van der Waals surface area (Å²) in [7, 11) is 4.74. The summed E-state index contributed by atoms with van der Waals surface area (Å²) in [4.78, 5) is 0. The molecule has 0 amide bonds. The van der Waals surface area contributed by atoms with Crippen LogP contribution in [0.25, 0.3) is 0 Å². The van der Waals surface area contributed by atoms with Crippen LogP contribution in [0, 0.1) is 0 Å². The molecular formula is C22H54N2O+2. The summed E-state index contributed by atoms with van der Waals surface area (Å²) in [5, 5.41) is 7.57. The van der Waals surface area contributed by atoms with Crippen LogP contribution in [0.2, 0.25) is 0 Å². The van der Waals surface area contributed by atoms with Crippen LogP contribution >= 0.6 is 0 Å². The minimum atomic E-state index is 0.250. The summed E-state index contributed by atoms with van der Waals surface area (Å²) in [6.45, 7) is 23.5. The third-order valence-corrected chi connectivity index (χ3v) is 5.44. The van der Waals surface area contributed by atoms with E-state index >= 15 is 0 Å². The van der Waals surface area contributed by atoms with Crippen molar-refractivity contribution in [3.63, 3.8) is 0 Å². The van der Waals surface area contributed by atoms with Gasteiger partial charge in [0.1, 0.15) is 0 Å². The molecule has 0 bridgehead atoms. The van der Waals surface area contributed by atoms with Crippen LogP contribution in [0.4, 0.5) is 0 Å². The van der Waals surface area contributed by atoms with Crippen LogP contribution in [0.15, 0.2) is 0 Å². The summed E-state index contributed by atoms with van der Waals surface area (Å²) in [5.74, 6) is 0. The molecule has 0 fully saturated rings. The fourth-order valence-corrected chi connectivity index (χ4v) is 2.63. The SMILES string of the molecule is CCCC[N+](C)(CCCC)CCCC.CCO.CC[N+](C)(CC)CC. The monoisotopic (exact) mass is 362 g/mol. The third-order valence-electron chi connectivity index (χ3n) is 5.44. The highest BCUT2D eigenvalue weighted by atomic mass is 16.2. The maximum atomic E-state index is 7.57. The summed E-state index contributed by atoms with van der Waals surface area (Å²) in [5.41, 5.74) is 0. The average Bonchev–Trinajstić information content (AvgIpc) is 2.64. The lowest BCUT2D eigenvalue weighted by Crippen LogP contribution is -2.46. The lowest BCUT2D eigenvalue weighted by atomic mass is 10.2. The molecule has 3 heteroatoms. The van der Waals surface area contributed by atoms with Crippen molar-refractivity contribution in [1.82, 2.24) is 0 Å². The van der Waals surface area contributed by atoms with Crippen molar-refractivity contribution in [3.8, 4) is 0 Å². The standard InChI is InChI=1S/C13H30N.C7H18N.C2H6O/c1-5-8-11-14(4,12-9-6-2)13-10-7-3;1-5-8(4,6-2)7-3;1-2-3/h5-13H2,1-4H3;5-7H2,1-4H3;3H,2H2,1H3/q2*+1;. The van der Waals surface area contributed by atoms with Crippen molar-refractivity contribution < 1.29 is 14.1 Å². The Morgan fingerprint density at radius 3 is 0.880 bits per heavy atom. The lowest BCUT2D eigenvalue weighted by molar-refractivity contribution is -0.910. The number of aliphatic hydroxyl groups is 1. The number of rotatable bonds is 12. The lowest BCUT2D eigenvalue weighted by Gasteiger charge is -2.34. The van der Waals surface area contributed by atoms with Gasteiger partial charge in [-0.25, -0.2) is 0 Å². The second-order valence-electron chi connectivity index (χ2n) is 7.74. The maximum absolute atomic E-state index is 7.57. The molecule has 156 valence electrons. The highest BCUT2D eigenvalue weighted by molar-refractivity contribution is 4.43. The number of quaternary nitrogens is 2. The molecule has 0 atom stereocenters. The van der Waals surface area contributed by atoms with E-state index in [4.69, 9.17) is 5.11 Å². The van der Waals surface area contributed by atoms with Gasteiger partial charge < -0.3 is 14.1 Å². The Balaban J connectivity index is -0.000000371. The normalized spacial score (nSPS) is 11.3. The largest absolute Gasteiger partial charge is 0.397 e. The number of hydrogen-bond acceptors (Lipinski definition) is 1. The van der Waals surface area contributed by atoms with E-state index < -0.39 is 0 Å². The van der Waals surface area contributed by atoms with Crippen LogP contribution < -0.4 is 0 Å². The molecule has 0 spiro atoms. The van der Waals surface area contributed by atoms with Crippen LogP contribution in [0.5, 0.6) is 0 Å². The van der Waals surface area contributed by atoms with Gasteiger partial charge in [-0.2, -0.15) is 0 Å². The Kier molecular flexibility index (Phi) is 23.9. The molecule has 1 N–H and O–H groups in total. The Morgan fingerprint density at radius 1 is 0.520 bits per heavy atom. The molecular weight excluding hydrogens is 308 g/mol. The zero-order valence-electron chi connectivity index (χ0n) is 19.5. The van der Waals surface area contributed by atoms with Crippen molar-refractivity contribution in [2.24, 2.45) is 0 Å². The Morgan fingerprint density at radius 2 is 0.760 bits per heavy atom. The van der Waals surface area contributed by atoms with E-state index in [-0.39, 0.29) is 6.61 Å². The zero-order chi connectivity index (χ0) is 20.2. The average molecular weight is 363 g/mol. The molecule has 25 heavy (non-hydrogen) atoms. The Hall–Kier alpha value is -0.120. The maximum Gasteiger partial charge on any atom is 0.0784 e. The molecule has 0 aromatic heterocycles. The molecule has 0 aliphatic rings. The topological polar surface area (TPSA) is 20.2 Å². The van der Waals surface area contributed by atoms with E-state index in [1.54, 1.807) is 6.92 Å². The third kappa shape index (κ3) is 20.0. The highest BCUT2D eigenvalue weighted by Gasteiger charge is 2.18. The minimum Gasteiger partial charge on any atom is -0.397 e. The van der Waals surface area contributed by atoms with E-state index in [2.05, 4.69) is 55.6 Å². The van der Waals surface area contributed by atoms with Gasteiger partial charge in [-0.3, -0.25) is 0 Å². The Labute approximate surface area is 161 Å². The van der Waals surface area contributed by atoms with Crippen molar-refractivity contribution in [2.75, 3.05) is 60.0 Å². The first-order valence-corrected chi connectivity index (χ1v) is 11.1. The van der Waals surface area contributed by atoms with E-state index in [1.807, 2.05) is 0 Å². The summed E-state index contributed by atoms with van der Waals surface area (Å²) in [6, 6.07) is 0. The van der Waals surface area contributed by atoms with Gasteiger partial charge in [0.15, 0.2) is 0 Å². The summed E-state index contributed by atoms with van der Waals surface area (Å²) < 4.78 is 2.52. The summed E-state index contributed by atoms with van der Waals surface area (Å²) >= 11 is 0. The predicted octanol–water partition coefficient (Wildman–Crippen LogP) is 5.32. The van der Waals surface area contributed by atoms with Gasteiger partial charge in [0, 0.05) is 6.61 Å². The van der Waals surface area contributed by atoms with E-state index in [1.165, 1.54) is 86.8 Å². The van der Waals surface area contributed by atoms with Gasteiger partial charge in [-0.15, -0.1) is 0 Å². The van der Waals surface area contributed by atoms with Crippen LogP contribution in [0.1, 0.15) is 87.0 Å². The molecule has 0 unspecified atom stereocenters. The van der Waals surface area contributed by atoms with Gasteiger partial charge in [0.05, 0.1) is 53.4 Å². The molecule has 0 saturated heterocycles. The molecule has 0 radical (unpaired) electrons. The first-order valence-electron chi connectivity index (χ1n) is 11.1. The quantitative estimate of drug-likeness (QED) is 0.466. The van der Waals surface area contributed by atoms with Crippen LogP contribution in [-0.4, -0.2) is 74.0 Å². The van der Waals surface area contributed by atoms with Crippen LogP contribution in [-0.2, 0) is 0 Å². The van der Waals surface area contributed by atoms with Crippen molar-refractivity contribution in [1.29, 1.82) is 0 Å². The Bertz CT molecular complexity index is 210.